The summed E-state index contributed by atoms with van der Waals surface area (Å²) in [7, 11) is 0. The van der Waals surface area contributed by atoms with E-state index in [0.29, 0.717) is 6.54 Å². The van der Waals surface area contributed by atoms with Crippen molar-refractivity contribution in [2.24, 2.45) is 11.5 Å². The molecule has 7 nitrogen and oxygen atoms in total. The Morgan fingerprint density at radius 1 is 0.741 bits per heavy atom. The fraction of sp³-hybridized carbons (Fsp3) is 0.950. The van der Waals surface area contributed by atoms with E-state index in [4.69, 9.17) is 11.5 Å². The molecule has 27 heavy (non-hydrogen) atoms. The Morgan fingerprint density at radius 3 is 1.85 bits per heavy atom. The lowest BCUT2D eigenvalue weighted by atomic mass is 10.1. The molecule has 8 N–H and O–H groups in total. The van der Waals surface area contributed by atoms with Gasteiger partial charge in [-0.2, -0.15) is 0 Å². The number of amides is 1. The monoisotopic (exact) mass is 386 g/mol. The maximum Gasteiger partial charge on any atom is 0.236 e. The highest BCUT2D eigenvalue weighted by molar-refractivity contribution is 5.81. The van der Waals surface area contributed by atoms with Crippen LogP contribution >= 0.6 is 0 Å². The van der Waals surface area contributed by atoms with Gasteiger partial charge in [0.05, 0.1) is 6.04 Å². The lowest BCUT2D eigenvalue weighted by molar-refractivity contribution is -0.122. The molecule has 0 aliphatic carbocycles. The number of nitrogens with two attached hydrogens (primary N) is 2. The zero-order chi connectivity index (χ0) is 20.0. The van der Waals surface area contributed by atoms with Gasteiger partial charge in [0.2, 0.25) is 5.91 Å². The number of hydrogen-bond acceptors (Lipinski definition) is 6. The highest BCUT2D eigenvalue weighted by atomic mass is 16.2. The molecule has 0 aromatic heterocycles. The van der Waals surface area contributed by atoms with Crippen LogP contribution in [0.4, 0.5) is 0 Å². The molecule has 7 heteroatoms. The lowest BCUT2D eigenvalue weighted by Crippen LogP contribution is -2.41. The molecule has 0 aliphatic rings. The van der Waals surface area contributed by atoms with E-state index in [0.717, 1.165) is 77.9 Å². The molecule has 0 aromatic rings. The van der Waals surface area contributed by atoms with Crippen molar-refractivity contribution in [1.82, 2.24) is 21.3 Å². The van der Waals surface area contributed by atoms with Crippen molar-refractivity contribution >= 4 is 5.91 Å². The average Bonchev–Trinajstić information content (AvgIpc) is 2.67. The van der Waals surface area contributed by atoms with Gasteiger partial charge in [0, 0.05) is 6.54 Å². The first-order chi connectivity index (χ1) is 13.2. The quantitative estimate of drug-likeness (QED) is 0.162. The Morgan fingerprint density at radius 2 is 1.26 bits per heavy atom. The van der Waals surface area contributed by atoms with E-state index in [2.05, 4.69) is 28.2 Å². The summed E-state index contributed by atoms with van der Waals surface area (Å²) >= 11 is 0. The van der Waals surface area contributed by atoms with Crippen molar-refractivity contribution in [1.29, 1.82) is 0 Å². The second kappa shape index (κ2) is 21.6. The Kier molecular flexibility index (Phi) is 21.0. The van der Waals surface area contributed by atoms with Crippen molar-refractivity contribution in [3.63, 3.8) is 0 Å². The van der Waals surface area contributed by atoms with Gasteiger partial charge >= 0.3 is 0 Å². The van der Waals surface area contributed by atoms with Crippen molar-refractivity contribution in [2.75, 3.05) is 52.4 Å². The van der Waals surface area contributed by atoms with Gasteiger partial charge in [0.15, 0.2) is 0 Å². The van der Waals surface area contributed by atoms with Crippen LogP contribution in [0.25, 0.3) is 0 Å². The third kappa shape index (κ3) is 19.8. The third-order valence-corrected chi connectivity index (χ3v) is 4.51. The molecule has 0 spiro atoms. The molecule has 162 valence electrons. The summed E-state index contributed by atoms with van der Waals surface area (Å²) in [5.74, 6) is -0.0162. The zero-order valence-electron chi connectivity index (χ0n) is 17.7. The van der Waals surface area contributed by atoms with Gasteiger partial charge in [-0.25, -0.2) is 0 Å². The van der Waals surface area contributed by atoms with E-state index in [1.165, 1.54) is 25.7 Å². The SMILES string of the molecule is CCCCNCCCC[C@@H](N)C(=O)NCCCNCCCCNCCCN. The molecule has 0 fully saturated rings. The smallest absolute Gasteiger partial charge is 0.236 e. The zero-order valence-corrected chi connectivity index (χ0v) is 17.7. The second-order valence-corrected chi connectivity index (χ2v) is 7.20. The third-order valence-electron chi connectivity index (χ3n) is 4.51. The van der Waals surface area contributed by atoms with Crippen LogP contribution < -0.4 is 32.7 Å². The first kappa shape index (κ1) is 26.3. The number of carbonyl (C=O) groups excluding carboxylic acids is 1. The van der Waals surface area contributed by atoms with Crippen LogP contribution in [0.1, 0.15) is 64.7 Å². The van der Waals surface area contributed by atoms with Gasteiger partial charge in [0.1, 0.15) is 0 Å². The van der Waals surface area contributed by atoms with Crippen molar-refractivity contribution in [2.45, 2.75) is 70.8 Å². The summed E-state index contributed by atoms with van der Waals surface area (Å²) in [4.78, 5) is 11.9. The van der Waals surface area contributed by atoms with Crippen LogP contribution in [0.3, 0.4) is 0 Å². The Balaban J connectivity index is 3.30. The highest BCUT2D eigenvalue weighted by Crippen LogP contribution is 1.99. The number of nitrogens with one attached hydrogen (secondary N) is 4. The van der Waals surface area contributed by atoms with Crippen LogP contribution in [0.2, 0.25) is 0 Å². The maximum atomic E-state index is 11.9. The average molecular weight is 387 g/mol. The first-order valence-electron chi connectivity index (χ1n) is 11.1. The molecule has 0 aliphatic heterocycles. The fourth-order valence-electron chi connectivity index (χ4n) is 2.71. The normalized spacial score (nSPS) is 12.3. The fourth-order valence-corrected chi connectivity index (χ4v) is 2.71. The molecule has 1 amide bonds. The minimum atomic E-state index is -0.375. The van der Waals surface area contributed by atoms with Crippen LogP contribution in [-0.2, 0) is 4.79 Å². The van der Waals surface area contributed by atoms with Gasteiger partial charge < -0.3 is 32.7 Å². The van der Waals surface area contributed by atoms with Crippen molar-refractivity contribution < 1.29 is 4.79 Å². The first-order valence-corrected chi connectivity index (χ1v) is 11.1. The lowest BCUT2D eigenvalue weighted by Gasteiger charge is -2.12. The Hall–Kier alpha value is -0.730. The van der Waals surface area contributed by atoms with Gasteiger partial charge in [0.25, 0.3) is 0 Å². The number of unbranched alkanes of at least 4 members (excludes halogenated alkanes) is 3. The number of hydrogen-bond donors (Lipinski definition) is 6. The minimum Gasteiger partial charge on any atom is -0.355 e. The van der Waals surface area contributed by atoms with Crippen LogP contribution in [0, 0.1) is 0 Å². The molecule has 0 aromatic carbocycles. The van der Waals surface area contributed by atoms with E-state index in [-0.39, 0.29) is 11.9 Å². The Bertz CT molecular complexity index is 317. The largest absolute Gasteiger partial charge is 0.355 e. The van der Waals surface area contributed by atoms with E-state index in [1.807, 2.05) is 0 Å². The van der Waals surface area contributed by atoms with Crippen LogP contribution in [0.5, 0.6) is 0 Å². The highest BCUT2D eigenvalue weighted by Gasteiger charge is 2.11. The molecular weight excluding hydrogens is 340 g/mol. The molecule has 0 saturated carbocycles. The second-order valence-electron chi connectivity index (χ2n) is 7.20. The van der Waals surface area contributed by atoms with Crippen LogP contribution in [-0.4, -0.2) is 64.3 Å². The summed E-state index contributed by atoms with van der Waals surface area (Å²) in [5.41, 5.74) is 11.4. The Labute approximate surface area is 167 Å². The van der Waals surface area contributed by atoms with E-state index in [9.17, 15) is 4.79 Å². The van der Waals surface area contributed by atoms with Gasteiger partial charge in [-0.3, -0.25) is 4.79 Å². The molecule has 0 radical (unpaired) electrons. The molecule has 0 heterocycles. The molecular formula is C20H46N6O. The summed E-state index contributed by atoms with van der Waals surface area (Å²) in [6.45, 7) is 9.78. The maximum absolute atomic E-state index is 11.9. The van der Waals surface area contributed by atoms with Gasteiger partial charge in [-0.15, -0.1) is 0 Å². The molecule has 0 bridgehead atoms. The molecule has 0 saturated heterocycles. The summed E-state index contributed by atoms with van der Waals surface area (Å²) in [6, 6.07) is -0.375. The summed E-state index contributed by atoms with van der Waals surface area (Å²) in [6.07, 6.45) is 9.62. The summed E-state index contributed by atoms with van der Waals surface area (Å²) < 4.78 is 0. The van der Waals surface area contributed by atoms with Crippen molar-refractivity contribution in [3.05, 3.63) is 0 Å². The minimum absolute atomic E-state index is 0.0162. The number of carbonyl (C=O) groups is 1. The topological polar surface area (TPSA) is 117 Å². The standard InChI is InChI=1S/C20H46N6O/c1-2-3-12-23-13-5-4-10-19(22)20(27)26-18-9-17-25-15-7-6-14-24-16-8-11-21/h19,23-25H,2-18,21-22H2,1H3,(H,26,27)/t19-/m1/s1. The molecule has 0 rings (SSSR count). The van der Waals surface area contributed by atoms with Gasteiger partial charge in [-0.1, -0.05) is 19.8 Å². The van der Waals surface area contributed by atoms with Gasteiger partial charge in [-0.05, 0) is 90.8 Å². The van der Waals surface area contributed by atoms with Crippen molar-refractivity contribution in [3.8, 4) is 0 Å². The molecule has 1 atom stereocenters. The number of rotatable bonds is 21. The predicted molar refractivity (Wildman–Crippen MR) is 116 cm³/mol. The molecule has 0 unspecified atom stereocenters. The van der Waals surface area contributed by atoms with E-state index >= 15 is 0 Å². The summed E-state index contributed by atoms with van der Waals surface area (Å²) in [5, 5.41) is 13.1. The van der Waals surface area contributed by atoms with E-state index < -0.39 is 0 Å². The van der Waals surface area contributed by atoms with Crippen LogP contribution in [0.15, 0.2) is 0 Å². The predicted octanol–water partition coefficient (Wildman–Crippen LogP) is 0.688. The van der Waals surface area contributed by atoms with E-state index in [1.54, 1.807) is 0 Å².